The topological polar surface area (TPSA) is 40.5 Å². The maximum absolute atomic E-state index is 10.8. The van der Waals surface area contributed by atoms with Gasteiger partial charge in [-0.15, -0.1) is 0 Å². The molecule has 0 heterocycles. The van der Waals surface area contributed by atoms with Crippen LogP contribution >= 0.6 is 0 Å². The van der Waals surface area contributed by atoms with Crippen LogP contribution in [0.2, 0.25) is 0 Å². The maximum atomic E-state index is 10.8. The van der Waals surface area contributed by atoms with E-state index in [9.17, 15) is 4.79 Å². The first-order chi connectivity index (χ1) is 7.60. The van der Waals surface area contributed by atoms with E-state index in [4.69, 9.17) is 5.11 Å². The zero-order valence-corrected chi connectivity index (χ0v) is 10.1. The van der Waals surface area contributed by atoms with Crippen LogP contribution in [0.15, 0.2) is 24.3 Å². The Balaban J connectivity index is 2.98. The van der Waals surface area contributed by atoms with Crippen LogP contribution in [0.3, 0.4) is 0 Å². The largest absolute Gasteiger partial charge is 0.465 e. The normalized spacial score (nSPS) is 10.5. The lowest BCUT2D eigenvalue weighted by molar-refractivity contribution is 0.203. The Hall–Kier alpha value is -1.51. The fraction of sp³-hybridized carbons (Fsp3) is 0.462. The van der Waals surface area contributed by atoms with E-state index in [2.05, 4.69) is 19.9 Å². The number of carboxylic acid groups (broad SMARTS) is 1. The van der Waals surface area contributed by atoms with Gasteiger partial charge >= 0.3 is 6.09 Å². The number of anilines is 1. The highest BCUT2D eigenvalue weighted by Gasteiger charge is 2.11. The average molecular weight is 221 g/mol. The summed E-state index contributed by atoms with van der Waals surface area (Å²) in [5.74, 6) is 0.516. The van der Waals surface area contributed by atoms with E-state index in [1.807, 2.05) is 18.2 Å². The third kappa shape index (κ3) is 2.75. The molecule has 1 amide bonds. The third-order valence-electron chi connectivity index (χ3n) is 3.00. The van der Waals surface area contributed by atoms with Crippen LogP contribution in [0.25, 0.3) is 0 Å². The maximum Gasteiger partial charge on any atom is 0.411 e. The van der Waals surface area contributed by atoms with E-state index in [0.29, 0.717) is 5.92 Å². The van der Waals surface area contributed by atoms with E-state index < -0.39 is 6.09 Å². The molecule has 88 valence electrons. The van der Waals surface area contributed by atoms with E-state index in [-0.39, 0.29) is 0 Å². The molecule has 0 saturated heterocycles. The molecule has 1 rings (SSSR count). The summed E-state index contributed by atoms with van der Waals surface area (Å²) in [6.07, 6.45) is 1.23. The average Bonchev–Trinajstić information content (AvgIpc) is 2.30. The molecule has 0 atom stereocenters. The highest BCUT2D eigenvalue weighted by Crippen LogP contribution is 2.26. The van der Waals surface area contributed by atoms with Crippen molar-refractivity contribution in [3.8, 4) is 0 Å². The summed E-state index contributed by atoms with van der Waals surface area (Å²) in [6, 6.07) is 7.77. The van der Waals surface area contributed by atoms with Crippen molar-refractivity contribution in [1.82, 2.24) is 0 Å². The molecule has 1 aromatic carbocycles. The summed E-state index contributed by atoms with van der Waals surface area (Å²) < 4.78 is 0. The van der Waals surface area contributed by atoms with Gasteiger partial charge in [0, 0.05) is 12.7 Å². The van der Waals surface area contributed by atoms with Gasteiger partial charge in [0.05, 0.1) is 0 Å². The molecule has 0 bridgehead atoms. The highest BCUT2D eigenvalue weighted by molar-refractivity contribution is 5.85. The number of nitrogens with zero attached hydrogens (tertiary/aromatic N) is 1. The van der Waals surface area contributed by atoms with Gasteiger partial charge in [0.15, 0.2) is 0 Å². The predicted octanol–water partition coefficient (Wildman–Crippen LogP) is 3.70. The molecule has 0 unspecified atom stereocenters. The lowest BCUT2D eigenvalue weighted by atomic mass is 9.94. The summed E-state index contributed by atoms with van der Waals surface area (Å²) in [5.41, 5.74) is 1.95. The monoisotopic (exact) mass is 221 g/mol. The molecule has 0 fully saturated rings. The van der Waals surface area contributed by atoms with Gasteiger partial charge in [-0.2, -0.15) is 0 Å². The number of carbonyl (C=O) groups is 1. The molecule has 0 radical (unpaired) electrons. The lowest BCUT2D eigenvalue weighted by Crippen LogP contribution is -2.23. The van der Waals surface area contributed by atoms with Gasteiger partial charge in [0.1, 0.15) is 0 Å². The molecule has 0 aliphatic rings. The second kappa shape index (κ2) is 5.54. The van der Waals surface area contributed by atoms with E-state index in [1.54, 1.807) is 7.05 Å². The second-order valence-electron chi connectivity index (χ2n) is 3.95. The van der Waals surface area contributed by atoms with Crippen molar-refractivity contribution in [2.45, 2.75) is 32.6 Å². The molecule has 1 N–H and O–H groups in total. The van der Waals surface area contributed by atoms with Crippen LogP contribution < -0.4 is 4.90 Å². The molecular weight excluding hydrogens is 202 g/mol. The zero-order valence-electron chi connectivity index (χ0n) is 10.1. The van der Waals surface area contributed by atoms with Gasteiger partial charge in [-0.05, 0) is 36.5 Å². The Bertz CT molecular complexity index is 359. The Kier molecular flexibility index (Phi) is 4.35. The second-order valence-corrected chi connectivity index (χ2v) is 3.95. The minimum Gasteiger partial charge on any atom is -0.465 e. The summed E-state index contributed by atoms with van der Waals surface area (Å²) in [5, 5.41) is 8.91. The van der Waals surface area contributed by atoms with Crippen LogP contribution in [-0.4, -0.2) is 18.2 Å². The van der Waals surface area contributed by atoms with Crippen molar-refractivity contribution in [3.63, 3.8) is 0 Å². The van der Waals surface area contributed by atoms with Gasteiger partial charge in [0.25, 0.3) is 0 Å². The van der Waals surface area contributed by atoms with Crippen molar-refractivity contribution < 1.29 is 9.90 Å². The van der Waals surface area contributed by atoms with Gasteiger partial charge in [-0.25, -0.2) is 4.79 Å². The zero-order chi connectivity index (χ0) is 12.1. The minimum absolute atomic E-state index is 0.516. The molecule has 0 aliphatic heterocycles. The van der Waals surface area contributed by atoms with Crippen molar-refractivity contribution in [1.29, 1.82) is 0 Å². The lowest BCUT2D eigenvalue weighted by Gasteiger charge is -2.17. The van der Waals surface area contributed by atoms with E-state index >= 15 is 0 Å². The SMILES string of the molecule is CCC(CC)c1cccc(N(C)C(=O)O)c1. The highest BCUT2D eigenvalue weighted by atomic mass is 16.4. The molecular formula is C13H19NO2. The van der Waals surface area contributed by atoms with Crippen LogP contribution in [-0.2, 0) is 0 Å². The number of benzene rings is 1. The predicted molar refractivity (Wildman–Crippen MR) is 66.2 cm³/mol. The van der Waals surface area contributed by atoms with Gasteiger partial charge in [0.2, 0.25) is 0 Å². The van der Waals surface area contributed by atoms with E-state index in [1.165, 1.54) is 10.5 Å². The van der Waals surface area contributed by atoms with Crippen LogP contribution in [0.4, 0.5) is 10.5 Å². The molecule has 16 heavy (non-hydrogen) atoms. The standard InChI is InChI=1S/C13H19NO2/c1-4-10(5-2)11-7-6-8-12(9-11)14(3)13(15)16/h6-10H,4-5H2,1-3H3,(H,15,16). The summed E-state index contributed by atoms with van der Waals surface area (Å²) in [7, 11) is 1.56. The molecule has 0 aliphatic carbocycles. The van der Waals surface area contributed by atoms with Crippen molar-refractivity contribution in [2.24, 2.45) is 0 Å². The third-order valence-corrected chi connectivity index (χ3v) is 3.00. The minimum atomic E-state index is -0.929. The first-order valence-electron chi connectivity index (χ1n) is 5.66. The number of hydrogen-bond donors (Lipinski definition) is 1. The van der Waals surface area contributed by atoms with Crippen molar-refractivity contribution in [3.05, 3.63) is 29.8 Å². The Morgan fingerprint density at radius 3 is 2.50 bits per heavy atom. The first-order valence-corrected chi connectivity index (χ1v) is 5.66. The Labute approximate surface area is 96.7 Å². The van der Waals surface area contributed by atoms with Gasteiger partial charge < -0.3 is 5.11 Å². The smallest absolute Gasteiger partial charge is 0.411 e. The van der Waals surface area contributed by atoms with Gasteiger partial charge in [-0.1, -0.05) is 26.0 Å². The first kappa shape index (κ1) is 12.6. The van der Waals surface area contributed by atoms with Gasteiger partial charge in [-0.3, -0.25) is 4.90 Å². The van der Waals surface area contributed by atoms with Crippen molar-refractivity contribution >= 4 is 11.8 Å². The molecule has 0 aromatic heterocycles. The summed E-state index contributed by atoms with van der Waals surface area (Å²) in [4.78, 5) is 12.1. The number of hydrogen-bond acceptors (Lipinski definition) is 1. The Morgan fingerprint density at radius 1 is 1.38 bits per heavy atom. The number of amides is 1. The number of rotatable bonds is 4. The summed E-state index contributed by atoms with van der Waals surface area (Å²) >= 11 is 0. The van der Waals surface area contributed by atoms with Crippen LogP contribution in [0, 0.1) is 0 Å². The fourth-order valence-electron chi connectivity index (χ4n) is 1.86. The molecule has 0 saturated carbocycles. The quantitative estimate of drug-likeness (QED) is 0.842. The molecule has 3 heteroatoms. The Morgan fingerprint density at radius 2 is 2.00 bits per heavy atom. The molecule has 3 nitrogen and oxygen atoms in total. The molecule has 1 aromatic rings. The fourth-order valence-corrected chi connectivity index (χ4v) is 1.86. The molecule has 0 spiro atoms. The summed E-state index contributed by atoms with van der Waals surface area (Å²) in [6.45, 7) is 4.31. The van der Waals surface area contributed by atoms with E-state index in [0.717, 1.165) is 18.5 Å². The van der Waals surface area contributed by atoms with Crippen LogP contribution in [0.5, 0.6) is 0 Å². The van der Waals surface area contributed by atoms with Crippen LogP contribution in [0.1, 0.15) is 38.2 Å². The van der Waals surface area contributed by atoms with Crippen molar-refractivity contribution in [2.75, 3.05) is 11.9 Å².